The maximum absolute atomic E-state index is 14.0. The molecule has 1 amide bonds. The summed E-state index contributed by atoms with van der Waals surface area (Å²) in [5.74, 6) is -0.709. The zero-order valence-electron chi connectivity index (χ0n) is 17.0. The van der Waals surface area contributed by atoms with Gasteiger partial charge in [0, 0.05) is 38.4 Å². The quantitative estimate of drug-likeness (QED) is 0.746. The zero-order valence-corrected chi connectivity index (χ0v) is 17.8. The molecule has 0 unspecified atom stereocenters. The van der Waals surface area contributed by atoms with Gasteiger partial charge in [0.25, 0.3) is 0 Å². The first-order valence-corrected chi connectivity index (χ1v) is 11.7. The second-order valence-electron chi connectivity index (χ2n) is 7.77. The van der Waals surface area contributed by atoms with Crippen molar-refractivity contribution in [3.8, 4) is 0 Å². The number of hydrogen-bond acceptors (Lipinski definition) is 4. The first-order valence-electron chi connectivity index (χ1n) is 10.3. The SMILES string of the molecule is C[C@H](C(=O)N1CCCc2ccccc21)N1CCN(S(=O)(=O)c2ccccc2F)CC1. The summed E-state index contributed by atoms with van der Waals surface area (Å²) >= 11 is 0. The Kier molecular flexibility index (Phi) is 5.90. The smallest absolute Gasteiger partial charge is 0.246 e. The fourth-order valence-corrected chi connectivity index (χ4v) is 5.76. The maximum atomic E-state index is 14.0. The molecule has 0 aliphatic carbocycles. The minimum atomic E-state index is -3.89. The molecule has 1 saturated heterocycles. The normalized spacial score (nSPS) is 19.3. The summed E-state index contributed by atoms with van der Waals surface area (Å²) < 4.78 is 40.9. The van der Waals surface area contributed by atoms with Crippen molar-refractivity contribution in [2.24, 2.45) is 0 Å². The molecule has 0 saturated carbocycles. The number of nitrogens with zero attached hydrogens (tertiary/aromatic N) is 3. The molecule has 8 heteroatoms. The van der Waals surface area contributed by atoms with Crippen molar-refractivity contribution in [3.05, 3.63) is 59.9 Å². The standard InChI is InChI=1S/C22H26FN3O3S/c1-17(22(27)26-12-6-8-18-7-2-4-10-20(18)26)24-13-15-25(16-14-24)30(28,29)21-11-5-3-9-19(21)23/h2-5,7,9-11,17H,6,8,12-16H2,1H3/t17-/m1/s1. The topological polar surface area (TPSA) is 60.9 Å². The van der Waals surface area contributed by atoms with Gasteiger partial charge in [-0.25, -0.2) is 12.8 Å². The van der Waals surface area contributed by atoms with Crippen molar-refractivity contribution in [2.75, 3.05) is 37.6 Å². The van der Waals surface area contributed by atoms with Crippen LogP contribution in [0.25, 0.3) is 0 Å². The van der Waals surface area contributed by atoms with E-state index in [1.54, 1.807) is 0 Å². The molecule has 1 fully saturated rings. The largest absolute Gasteiger partial charge is 0.311 e. The van der Waals surface area contributed by atoms with Gasteiger partial charge in [-0.05, 0) is 43.5 Å². The third kappa shape index (κ3) is 3.87. The van der Waals surface area contributed by atoms with Crippen molar-refractivity contribution < 1.29 is 17.6 Å². The highest BCUT2D eigenvalue weighted by Gasteiger charge is 2.35. The lowest BCUT2D eigenvalue weighted by molar-refractivity contribution is -0.123. The van der Waals surface area contributed by atoms with E-state index in [2.05, 4.69) is 6.07 Å². The lowest BCUT2D eigenvalue weighted by atomic mass is 10.0. The van der Waals surface area contributed by atoms with Gasteiger partial charge in [-0.15, -0.1) is 0 Å². The van der Waals surface area contributed by atoms with E-state index in [-0.39, 0.29) is 29.9 Å². The predicted molar refractivity (Wildman–Crippen MR) is 113 cm³/mol. The van der Waals surface area contributed by atoms with Gasteiger partial charge in [-0.1, -0.05) is 30.3 Å². The van der Waals surface area contributed by atoms with Gasteiger partial charge in [0.05, 0.1) is 6.04 Å². The number of aryl methyl sites for hydroxylation is 1. The third-order valence-electron chi connectivity index (χ3n) is 6.01. The Morgan fingerprint density at radius 1 is 0.967 bits per heavy atom. The Morgan fingerprint density at radius 2 is 1.63 bits per heavy atom. The average Bonchev–Trinajstić information content (AvgIpc) is 2.78. The molecule has 2 aromatic rings. The molecule has 30 heavy (non-hydrogen) atoms. The first kappa shape index (κ1) is 21.0. The Morgan fingerprint density at radius 3 is 2.37 bits per heavy atom. The van der Waals surface area contributed by atoms with Gasteiger partial charge in [0.2, 0.25) is 15.9 Å². The van der Waals surface area contributed by atoms with Crippen molar-refractivity contribution in [1.29, 1.82) is 0 Å². The van der Waals surface area contributed by atoms with Crippen molar-refractivity contribution in [3.63, 3.8) is 0 Å². The molecule has 1 atom stereocenters. The number of fused-ring (bicyclic) bond motifs is 1. The Balaban J connectivity index is 1.43. The van der Waals surface area contributed by atoms with E-state index in [4.69, 9.17) is 0 Å². The molecule has 0 aromatic heterocycles. The van der Waals surface area contributed by atoms with E-state index < -0.39 is 15.8 Å². The molecule has 0 radical (unpaired) electrons. The molecule has 2 heterocycles. The zero-order chi connectivity index (χ0) is 21.3. The van der Waals surface area contributed by atoms with Crippen LogP contribution in [0.1, 0.15) is 18.9 Å². The number of halogens is 1. The first-order chi connectivity index (χ1) is 14.4. The Labute approximate surface area is 176 Å². The molecular weight excluding hydrogens is 405 g/mol. The fourth-order valence-electron chi connectivity index (χ4n) is 4.27. The molecule has 6 nitrogen and oxygen atoms in total. The van der Waals surface area contributed by atoms with Gasteiger partial charge in [0.1, 0.15) is 10.7 Å². The molecule has 2 aliphatic rings. The number of piperazine rings is 1. The number of para-hydroxylation sites is 1. The summed E-state index contributed by atoms with van der Waals surface area (Å²) in [4.78, 5) is 16.8. The summed E-state index contributed by atoms with van der Waals surface area (Å²) in [6, 6.07) is 13.1. The summed E-state index contributed by atoms with van der Waals surface area (Å²) in [6.07, 6.45) is 1.91. The van der Waals surface area contributed by atoms with Crippen molar-refractivity contribution in [2.45, 2.75) is 30.7 Å². The minimum absolute atomic E-state index is 0.0348. The summed E-state index contributed by atoms with van der Waals surface area (Å²) in [7, 11) is -3.89. The van der Waals surface area contributed by atoms with Crippen LogP contribution < -0.4 is 4.90 Å². The number of amides is 1. The summed E-state index contributed by atoms with van der Waals surface area (Å²) in [5, 5.41) is 0. The van der Waals surface area contributed by atoms with E-state index in [0.717, 1.165) is 24.6 Å². The molecule has 2 aromatic carbocycles. The number of anilines is 1. The highest BCUT2D eigenvalue weighted by atomic mass is 32.2. The van der Waals surface area contributed by atoms with E-state index in [0.29, 0.717) is 19.6 Å². The Hall–Kier alpha value is -2.29. The average molecular weight is 432 g/mol. The van der Waals surface area contributed by atoms with E-state index in [1.165, 1.54) is 28.1 Å². The van der Waals surface area contributed by atoms with Crippen molar-refractivity contribution >= 4 is 21.6 Å². The number of benzene rings is 2. The monoisotopic (exact) mass is 431 g/mol. The second kappa shape index (κ2) is 8.45. The van der Waals surface area contributed by atoms with Crippen LogP contribution in [0, 0.1) is 5.82 Å². The van der Waals surface area contributed by atoms with E-state index >= 15 is 0 Å². The van der Waals surface area contributed by atoms with Crippen molar-refractivity contribution in [1.82, 2.24) is 9.21 Å². The van der Waals surface area contributed by atoms with Gasteiger partial charge in [-0.2, -0.15) is 4.31 Å². The second-order valence-corrected chi connectivity index (χ2v) is 9.67. The van der Waals surface area contributed by atoms with Crippen LogP contribution in [-0.4, -0.2) is 62.3 Å². The molecule has 0 spiro atoms. The number of sulfonamides is 1. The van der Waals surface area contributed by atoms with E-state index in [1.807, 2.05) is 34.9 Å². The van der Waals surface area contributed by atoms with Crippen LogP contribution >= 0.6 is 0 Å². The number of carbonyl (C=O) groups is 1. The molecule has 0 N–H and O–H groups in total. The van der Waals surface area contributed by atoms with Gasteiger partial charge < -0.3 is 4.90 Å². The number of carbonyl (C=O) groups excluding carboxylic acids is 1. The molecule has 2 aliphatic heterocycles. The van der Waals surface area contributed by atoms with E-state index in [9.17, 15) is 17.6 Å². The fraction of sp³-hybridized carbons (Fsp3) is 0.409. The lowest BCUT2D eigenvalue weighted by Crippen LogP contribution is -2.56. The van der Waals surface area contributed by atoms with Gasteiger partial charge >= 0.3 is 0 Å². The molecule has 0 bridgehead atoms. The van der Waals surface area contributed by atoms with Crippen LogP contribution in [0.15, 0.2) is 53.4 Å². The number of rotatable bonds is 4. The van der Waals surface area contributed by atoms with Crippen LogP contribution in [0.4, 0.5) is 10.1 Å². The molecular formula is C22H26FN3O3S. The van der Waals surface area contributed by atoms with Crippen LogP contribution in [0.2, 0.25) is 0 Å². The highest BCUT2D eigenvalue weighted by Crippen LogP contribution is 2.28. The predicted octanol–water partition coefficient (Wildman–Crippen LogP) is 2.50. The summed E-state index contributed by atoms with van der Waals surface area (Å²) in [6.45, 7) is 3.88. The Bertz CT molecular complexity index is 1040. The molecule has 4 rings (SSSR count). The van der Waals surface area contributed by atoms with Crippen LogP contribution in [0.3, 0.4) is 0 Å². The van der Waals surface area contributed by atoms with Crippen LogP contribution in [-0.2, 0) is 21.2 Å². The molecule has 160 valence electrons. The van der Waals surface area contributed by atoms with Gasteiger partial charge in [-0.3, -0.25) is 9.69 Å². The van der Waals surface area contributed by atoms with Crippen LogP contribution in [0.5, 0.6) is 0 Å². The lowest BCUT2D eigenvalue weighted by Gasteiger charge is -2.39. The minimum Gasteiger partial charge on any atom is -0.311 e. The highest BCUT2D eigenvalue weighted by molar-refractivity contribution is 7.89. The summed E-state index contributed by atoms with van der Waals surface area (Å²) in [5.41, 5.74) is 2.16. The third-order valence-corrected chi connectivity index (χ3v) is 7.94. The number of hydrogen-bond donors (Lipinski definition) is 0. The maximum Gasteiger partial charge on any atom is 0.246 e. The van der Waals surface area contributed by atoms with Gasteiger partial charge in [0.15, 0.2) is 0 Å².